The average Bonchev–Trinajstić information content (AvgIpc) is 3.62. The number of aliphatic carboxylic acids is 1. The standard InChI is InChI=1S/2C17H23NO5.C10H19NO4.C10H11NO3.C7H13BrO2.CH4.6H2S/c2*1-4-9-14(17(21)22-5-2)18-12(3)15(19)23-16(20)13-10-7-6-8-11-13;1-4-6-8(10(14)15-5-2)11-7(3)9(12)13;1-7(11)9(12)14-10(13)8-5-3-2-4-6-8;1-3-5-6(8)7(9)10-4-2;;;;;;;/h2*6-8,10-12,14,18H,4-5,9H2,1-3H3;7-8,11H,4-6H2,1-3H3,(H,12,13);2-7H,11H2,1H3;6H,3-5H2,1-2H3;1H4;6*1H2. The van der Waals surface area contributed by atoms with E-state index in [-0.39, 0.29) is 118 Å². The lowest BCUT2D eigenvalue weighted by molar-refractivity contribution is -0.148. The number of nitrogens with two attached hydrogens (primary N) is 1. The van der Waals surface area contributed by atoms with Crippen molar-refractivity contribution in [1.29, 1.82) is 0 Å². The van der Waals surface area contributed by atoms with Gasteiger partial charge >= 0.3 is 65.7 Å². The summed E-state index contributed by atoms with van der Waals surface area (Å²) in [5, 5.41) is 17.1. The monoisotopic (exact) mass is 1480 g/mol. The zero-order valence-corrected chi connectivity index (χ0v) is 61.6. The fourth-order valence-corrected chi connectivity index (χ4v) is 7.15. The van der Waals surface area contributed by atoms with E-state index in [9.17, 15) is 52.7 Å². The number of rotatable bonds is 29. The first-order chi connectivity index (χ1) is 40.3. The van der Waals surface area contributed by atoms with Crippen molar-refractivity contribution < 1.29 is 91.0 Å². The molecule has 0 heterocycles. The van der Waals surface area contributed by atoms with E-state index in [0.29, 0.717) is 49.2 Å². The fourth-order valence-electron chi connectivity index (χ4n) is 6.56. The molecule has 8 unspecified atom stereocenters. The Morgan fingerprint density at radius 1 is 0.391 bits per heavy atom. The minimum absolute atomic E-state index is 0. The van der Waals surface area contributed by atoms with E-state index in [1.165, 1.54) is 13.8 Å². The van der Waals surface area contributed by atoms with E-state index >= 15 is 0 Å². The summed E-state index contributed by atoms with van der Waals surface area (Å²) >= 11 is 3.23. The highest BCUT2D eigenvalue weighted by Crippen LogP contribution is 2.11. The highest BCUT2D eigenvalue weighted by molar-refractivity contribution is 9.10. The average molecular weight is 1480 g/mol. The highest BCUT2D eigenvalue weighted by Gasteiger charge is 2.29. The Balaban J connectivity index is -0.000000135. The Morgan fingerprint density at radius 2 is 0.630 bits per heavy atom. The highest BCUT2D eigenvalue weighted by atomic mass is 79.9. The minimum atomic E-state index is -0.972. The lowest BCUT2D eigenvalue weighted by Gasteiger charge is -2.20. The molecule has 0 fully saturated rings. The molecular formula is C62H105BrN4O19S6. The molecule has 0 saturated carbocycles. The van der Waals surface area contributed by atoms with Crippen molar-refractivity contribution in [2.24, 2.45) is 5.73 Å². The Labute approximate surface area is 594 Å². The van der Waals surface area contributed by atoms with Crippen LogP contribution in [0.5, 0.6) is 0 Å². The van der Waals surface area contributed by atoms with Crippen molar-refractivity contribution in [2.45, 2.75) is 189 Å². The van der Waals surface area contributed by atoms with Crippen LogP contribution in [0.25, 0.3) is 0 Å². The molecule has 0 radical (unpaired) electrons. The maximum absolute atomic E-state index is 12.0. The first kappa shape index (κ1) is 106. The van der Waals surface area contributed by atoms with Gasteiger partial charge in [0.25, 0.3) is 0 Å². The lowest BCUT2D eigenvalue weighted by atomic mass is 10.1. The summed E-state index contributed by atoms with van der Waals surface area (Å²) in [5.41, 5.74) is 6.16. The van der Waals surface area contributed by atoms with Crippen molar-refractivity contribution in [3.8, 4) is 0 Å². The first-order valence-corrected chi connectivity index (χ1v) is 29.3. The van der Waals surface area contributed by atoms with Gasteiger partial charge in [-0.05, 0) is 117 Å². The zero-order valence-electron chi connectivity index (χ0n) is 54.0. The molecule has 3 aromatic rings. The number of nitrogens with one attached hydrogen (secondary N) is 3. The van der Waals surface area contributed by atoms with Gasteiger partial charge in [-0.2, -0.15) is 81.0 Å². The molecule has 92 heavy (non-hydrogen) atoms. The second-order valence-electron chi connectivity index (χ2n) is 18.3. The number of carbonyl (C=O) groups is 11. The summed E-state index contributed by atoms with van der Waals surface area (Å²) in [6, 6.07) is 19.9. The van der Waals surface area contributed by atoms with Gasteiger partial charge in [-0.25, -0.2) is 28.8 Å². The second kappa shape index (κ2) is 64.6. The van der Waals surface area contributed by atoms with Crippen molar-refractivity contribution in [1.82, 2.24) is 16.0 Å². The minimum Gasteiger partial charge on any atom is -0.480 e. The van der Waals surface area contributed by atoms with Crippen LogP contribution in [0.1, 0.15) is 173 Å². The van der Waals surface area contributed by atoms with E-state index in [1.54, 1.807) is 126 Å². The van der Waals surface area contributed by atoms with Crippen LogP contribution in [0.15, 0.2) is 91.0 Å². The number of benzene rings is 3. The SMILES string of the molecule is C.CC(N)C(=O)OC(=O)c1ccccc1.CCCC(Br)C(=O)OCC.CCCC(NC(C)C(=O)O)C(=O)OCC.CCCC(NC(C)C(=O)OC(=O)c1ccccc1)C(=O)OCC.CCCC(NC(C)C(=O)OC(=O)c1ccccc1)C(=O)OCC.S.S.S.S.S.S. The Bertz CT molecular complexity index is 2390. The number of carboxylic acids is 1. The normalized spacial score (nSPS) is 12.0. The van der Waals surface area contributed by atoms with Gasteiger partial charge in [-0.15, -0.1) is 0 Å². The molecule has 0 aliphatic rings. The summed E-state index contributed by atoms with van der Waals surface area (Å²) < 4.78 is 33.7. The largest absolute Gasteiger partial charge is 0.480 e. The molecular weight excluding hydrogens is 1380 g/mol. The molecule has 23 nitrogen and oxygen atoms in total. The predicted octanol–water partition coefficient (Wildman–Crippen LogP) is 9.08. The molecule has 3 aromatic carbocycles. The predicted molar refractivity (Wildman–Crippen MR) is 389 cm³/mol. The molecule has 0 saturated heterocycles. The maximum Gasteiger partial charge on any atom is 0.345 e. The summed E-state index contributed by atoms with van der Waals surface area (Å²) in [5.74, 6) is -6.62. The van der Waals surface area contributed by atoms with Crippen LogP contribution >= 0.6 is 96.9 Å². The van der Waals surface area contributed by atoms with Gasteiger partial charge in [0.05, 0.1) is 43.1 Å². The zero-order chi connectivity index (χ0) is 64.9. The van der Waals surface area contributed by atoms with Gasteiger partial charge in [0.2, 0.25) is 0 Å². The van der Waals surface area contributed by atoms with Gasteiger partial charge in [0.1, 0.15) is 47.1 Å². The van der Waals surface area contributed by atoms with Crippen LogP contribution in [0, 0.1) is 0 Å². The summed E-state index contributed by atoms with van der Waals surface area (Å²) in [6.07, 6.45) is 5.78. The van der Waals surface area contributed by atoms with E-state index in [2.05, 4.69) is 36.6 Å². The number of alkyl halides is 1. The van der Waals surface area contributed by atoms with Crippen molar-refractivity contribution in [2.75, 3.05) is 26.4 Å². The van der Waals surface area contributed by atoms with E-state index in [0.717, 1.165) is 32.1 Å². The molecule has 6 N–H and O–H groups in total. The number of hydrogen-bond acceptors (Lipinski definition) is 22. The number of hydrogen-bond donors (Lipinski definition) is 5. The van der Waals surface area contributed by atoms with Crippen LogP contribution in [0.4, 0.5) is 0 Å². The summed E-state index contributed by atoms with van der Waals surface area (Å²) in [6.45, 7) is 22.2. The number of ether oxygens (including phenoxy) is 7. The van der Waals surface area contributed by atoms with E-state index in [4.69, 9.17) is 39.3 Å². The third-order valence-electron chi connectivity index (χ3n) is 10.9. The van der Waals surface area contributed by atoms with Gasteiger partial charge in [-0.1, -0.05) is 131 Å². The van der Waals surface area contributed by atoms with Gasteiger partial charge in [0, 0.05) is 0 Å². The van der Waals surface area contributed by atoms with Crippen molar-refractivity contribution >= 4 is 163 Å². The molecule has 0 aliphatic heterocycles. The summed E-state index contributed by atoms with van der Waals surface area (Å²) in [4.78, 5) is 126. The molecule has 0 bridgehead atoms. The van der Waals surface area contributed by atoms with Crippen LogP contribution in [-0.4, -0.2) is 144 Å². The number of esters is 10. The first-order valence-electron chi connectivity index (χ1n) is 28.3. The van der Waals surface area contributed by atoms with Crippen LogP contribution in [0.3, 0.4) is 0 Å². The molecule has 0 spiro atoms. The summed E-state index contributed by atoms with van der Waals surface area (Å²) in [7, 11) is 0. The van der Waals surface area contributed by atoms with Crippen LogP contribution < -0.4 is 21.7 Å². The van der Waals surface area contributed by atoms with Crippen LogP contribution in [-0.2, 0) is 71.5 Å². The van der Waals surface area contributed by atoms with Crippen molar-refractivity contribution in [3.05, 3.63) is 108 Å². The van der Waals surface area contributed by atoms with Crippen LogP contribution in [0.2, 0.25) is 0 Å². The number of carbonyl (C=O) groups excluding carboxylic acids is 10. The number of carboxylic acid groups (broad SMARTS) is 1. The molecule has 3 rings (SSSR count). The molecule has 0 amide bonds. The van der Waals surface area contributed by atoms with Gasteiger partial charge < -0.3 is 44.0 Å². The molecule has 0 aliphatic carbocycles. The molecule has 8 atom stereocenters. The molecule has 30 heteroatoms. The quantitative estimate of drug-likeness (QED) is 0.0187. The second-order valence-corrected chi connectivity index (χ2v) is 19.4. The smallest absolute Gasteiger partial charge is 0.345 e. The lowest BCUT2D eigenvalue weighted by Crippen LogP contribution is -2.47. The molecule has 530 valence electrons. The third-order valence-corrected chi connectivity index (χ3v) is 11.8. The molecule has 0 aromatic heterocycles. The fraction of sp³-hybridized carbons (Fsp3) is 0.532. The van der Waals surface area contributed by atoms with Gasteiger partial charge in [-0.3, -0.25) is 39.9 Å². The topological polar surface area (TPSA) is 335 Å². The Morgan fingerprint density at radius 3 is 0.859 bits per heavy atom. The Hall–Kier alpha value is -5.15. The number of halogens is 1. The van der Waals surface area contributed by atoms with Gasteiger partial charge in [0.15, 0.2) is 0 Å². The Kier molecular flexibility index (Phi) is 74.1. The van der Waals surface area contributed by atoms with E-state index in [1.807, 2.05) is 34.6 Å². The maximum atomic E-state index is 12.0. The van der Waals surface area contributed by atoms with E-state index < -0.39 is 96.0 Å². The third kappa shape index (κ3) is 48.5. The van der Waals surface area contributed by atoms with Crippen molar-refractivity contribution in [3.63, 3.8) is 0 Å².